The Balaban J connectivity index is 2.07. The molecule has 0 aliphatic rings. The van der Waals surface area contributed by atoms with E-state index in [0.29, 0.717) is 5.58 Å². The van der Waals surface area contributed by atoms with Crippen molar-refractivity contribution in [2.45, 2.75) is 13.0 Å². The Morgan fingerprint density at radius 3 is 2.80 bits per heavy atom. The van der Waals surface area contributed by atoms with E-state index < -0.39 is 0 Å². The van der Waals surface area contributed by atoms with Gasteiger partial charge >= 0.3 is 0 Å². The molecule has 4 heteroatoms. The number of halogens is 1. The second-order valence-corrected chi connectivity index (χ2v) is 4.76. The molecule has 20 heavy (non-hydrogen) atoms. The third kappa shape index (κ3) is 2.30. The molecule has 2 aromatic heterocycles. The van der Waals surface area contributed by atoms with E-state index in [1.54, 1.807) is 6.07 Å². The zero-order chi connectivity index (χ0) is 14.1. The molecule has 2 heterocycles. The number of aromatic nitrogens is 1. The van der Waals surface area contributed by atoms with Crippen molar-refractivity contribution >= 4 is 11.0 Å². The lowest BCUT2D eigenvalue weighted by Gasteiger charge is -2.13. The van der Waals surface area contributed by atoms with Crippen LogP contribution in [-0.2, 0) is 0 Å². The van der Waals surface area contributed by atoms with E-state index in [-0.39, 0.29) is 11.9 Å². The van der Waals surface area contributed by atoms with E-state index in [2.05, 4.69) is 10.3 Å². The van der Waals surface area contributed by atoms with Crippen LogP contribution in [0.3, 0.4) is 0 Å². The first-order valence-corrected chi connectivity index (χ1v) is 6.47. The van der Waals surface area contributed by atoms with Crippen LogP contribution in [-0.4, -0.2) is 12.0 Å². The fraction of sp³-hybridized carbons (Fsp3) is 0.188. The highest BCUT2D eigenvalue weighted by Crippen LogP contribution is 2.27. The zero-order valence-corrected chi connectivity index (χ0v) is 11.4. The van der Waals surface area contributed by atoms with E-state index in [1.807, 2.05) is 38.2 Å². The van der Waals surface area contributed by atoms with Crippen molar-refractivity contribution < 1.29 is 8.81 Å². The molecule has 102 valence electrons. The monoisotopic (exact) mass is 270 g/mol. The molecule has 0 saturated carbocycles. The van der Waals surface area contributed by atoms with Gasteiger partial charge in [0.15, 0.2) is 0 Å². The van der Waals surface area contributed by atoms with Gasteiger partial charge in [-0.05, 0) is 50.4 Å². The van der Waals surface area contributed by atoms with Gasteiger partial charge in [-0.15, -0.1) is 0 Å². The summed E-state index contributed by atoms with van der Waals surface area (Å²) >= 11 is 0. The van der Waals surface area contributed by atoms with Crippen LogP contribution in [0.1, 0.15) is 23.2 Å². The van der Waals surface area contributed by atoms with Crippen molar-refractivity contribution in [3.63, 3.8) is 0 Å². The van der Waals surface area contributed by atoms with Crippen LogP contribution in [0.4, 0.5) is 4.39 Å². The predicted octanol–water partition coefficient (Wildman–Crippen LogP) is 3.58. The third-order valence-corrected chi connectivity index (χ3v) is 3.28. The molecule has 0 bridgehead atoms. The normalized spacial score (nSPS) is 12.8. The van der Waals surface area contributed by atoms with Crippen LogP contribution in [0.2, 0.25) is 0 Å². The first-order valence-electron chi connectivity index (χ1n) is 6.47. The van der Waals surface area contributed by atoms with Gasteiger partial charge in [0.05, 0.1) is 5.69 Å². The van der Waals surface area contributed by atoms with Gasteiger partial charge < -0.3 is 9.73 Å². The number of furan rings is 1. The molecule has 0 aliphatic heterocycles. The number of aryl methyl sites for hydroxylation is 1. The van der Waals surface area contributed by atoms with Crippen molar-refractivity contribution in [2.75, 3.05) is 7.05 Å². The summed E-state index contributed by atoms with van der Waals surface area (Å²) in [5.41, 5.74) is 2.51. The summed E-state index contributed by atoms with van der Waals surface area (Å²) in [6.45, 7) is 1.95. The highest BCUT2D eigenvalue weighted by molar-refractivity contribution is 5.78. The number of hydrogen-bond acceptors (Lipinski definition) is 3. The number of fused-ring (bicyclic) bond motifs is 1. The molecule has 0 saturated heterocycles. The maximum Gasteiger partial charge on any atom is 0.134 e. The van der Waals surface area contributed by atoms with Crippen LogP contribution in [0.25, 0.3) is 11.0 Å². The van der Waals surface area contributed by atoms with Crippen LogP contribution in [0.5, 0.6) is 0 Å². The molecule has 3 aromatic rings. The highest BCUT2D eigenvalue weighted by atomic mass is 19.1. The SMILES string of the molecule is CNC(c1cccc(C)n1)c1cc2cc(F)ccc2o1. The molecule has 1 aromatic carbocycles. The topological polar surface area (TPSA) is 38.1 Å². The highest BCUT2D eigenvalue weighted by Gasteiger charge is 2.18. The van der Waals surface area contributed by atoms with E-state index in [1.165, 1.54) is 12.1 Å². The molecule has 0 spiro atoms. The van der Waals surface area contributed by atoms with Crippen molar-refractivity contribution in [1.82, 2.24) is 10.3 Å². The predicted molar refractivity (Wildman–Crippen MR) is 76.0 cm³/mol. The van der Waals surface area contributed by atoms with Crippen molar-refractivity contribution in [2.24, 2.45) is 0 Å². The van der Waals surface area contributed by atoms with Gasteiger partial charge in [0, 0.05) is 11.1 Å². The zero-order valence-electron chi connectivity index (χ0n) is 11.4. The number of pyridine rings is 1. The summed E-state index contributed by atoms with van der Waals surface area (Å²) in [4.78, 5) is 4.51. The summed E-state index contributed by atoms with van der Waals surface area (Å²) < 4.78 is 19.0. The average molecular weight is 270 g/mol. The first kappa shape index (κ1) is 12.8. The summed E-state index contributed by atoms with van der Waals surface area (Å²) in [5.74, 6) is 0.464. The standard InChI is InChI=1S/C16H15FN2O/c1-10-4-3-5-13(19-10)16(18-2)15-9-11-8-12(17)6-7-14(11)20-15/h3-9,16,18H,1-2H3. The van der Waals surface area contributed by atoms with Gasteiger partial charge in [-0.1, -0.05) is 6.07 Å². The fourth-order valence-electron chi connectivity index (χ4n) is 2.34. The number of hydrogen-bond donors (Lipinski definition) is 1. The third-order valence-electron chi connectivity index (χ3n) is 3.28. The Kier molecular flexibility index (Phi) is 3.24. The minimum absolute atomic E-state index is 0.148. The largest absolute Gasteiger partial charge is 0.459 e. The van der Waals surface area contributed by atoms with Crippen LogP contribution in [0, 0.1) is 12.7 Å². The molecule has 0 radical (unpaired) electrons. The minimum atomic E-state index is -0.264. The van der Waals surface area contributed by atoms with Gasteiger partial charge in [0.1, 0.15) is 23.2 Å². The smallest absolute Gasteiger partial charge is 0.134 e. The molecule has 0 amide bonds. The van der Waals surface area contributed by atoms with E-state index >= 15 is 0 Å². The fourth-order valence-corrected chi connectivity index (χ4v) is 2.34. The summed E-state index contributed by atoms with van der Waals surface area (Å²) in [5, 5.41) is 3.94. The summed E-state index contributed by atoms with van der Waals surface area (Å²) in [7, 11) is 1.85. The van der Waals surface area contributed by atoms with Gasteiger partial charge in [-0.2, -0.15) is 0 Å². The Morgan fingerprint density at radius 1 is 1.20 bits per heavy atom. The lowest BCUT2D eigenvalue weighted by Crippen LogP contribution is -2.18. The lowest BCUT2D eigenvalue weighted by atomic mass is 10.1. The Bertz CT molecular complexity index is 751. The molecule has 1 atom stereocenters. The molecule has 0 aliphatic carbocycles. The van der Waals surface area contributed by atoms with Gasteiger partial charge in [-0.25, -0.2) is 4.39 Å². The van der Waals surface area contributed by atoms with Crippen molar-refractivity contribution in [3.05, 3.63) is 65.4 Å². The number of rotatable bonds is 3. The molecular formula is C16H15FN2O. The number of benzene rings is 1. The van der Waals surface area contributed by atoms with Crippen LogP contribution >= 0.6 is 0 Å². The minimum Gasteiger partial charge on any atom is -0.459 e. The molecule has 3 nitrogen and oxygen atoms in total. The lowest BCUT2D eigenvalue weighted by molar-refractivity contribution is 0.485. The second-order valence-electron chi connectivity index (χ2n) is 4.76. The van der Waals surface area contributed by atoms with Crippen molar-refractivity contribution in [1.29, 1.82) is 0 Å². The maximum atomic E-state index is 13.2. The van der Waals surface area contributed by atoms with E-state index in [9.17, 15) is 4.39 Å². The first-order chi connectivity index (χ1) is 9.67. The van der Waals surface area contributed by atoms with Crippen LogP contribution < -0.4 is 5.32 Å². The van der Waals surface area contributed by atoms with Gasteiger partial charge in [-0.3, -0.25) is 4.98 Å². The average Bonchev–Trinajstić information content (AvgIpc) is 2.82. The number of nitrogens with one attached hydrogen (secondary N) is 1. The maximum absolute atomic E-state index is 13.2. The van der Waals surface area contributed by atoms with Gasteiger partial charge in [0.2, 0.25) is 0 Å². The molecule has 1 N–H and O–H groups in total. The number of nitrogens with zero attached hydrogens (tertiary/aromatic N) is 1. The molecule has 0 fully saturated rings. The Hall–Kier alpha value is -2.20. The van der Waals surface area contributed by atoms with Gasteiger partial charge in [0.25, 0.3) is 0 Å². The van der Waals surface area contributed by atoms with E-state index in [4.69, 9.17) is 4.42 Å². The molecule has 3 rings (SSSR count). The second kappa shape index (κ2) is 5.06. The van der Waals surface area contributed by atoms with Crippen LogP contribution in [0.15, 0.2) is 46.9 Å². The summed E-state index contributed by atoms with van der Waals surface area (Å²) in [6, 6.07) is 12.1. The quantitative estimate of drug-likeness (QED) is 0.790. The Labute approximate surface area is 116 Å². The Morgan fingerprint density at radius 2 is 2.05 bits per heavy atom. The summed E-state index contributed by atoms with van der Waals surface area (Å²) in [6.07, 6.45) is 0. The molecular weight excluding hydrogens is 255 g/mol. The van der Waals surface area contributed by atoms with Crippen molar-refractivity contribution in [3.8, 4) is 0 Å². The molecule has 1 unspecified atom stereocenters. The van der Waals surface area contributed by atoms with E-state index in [0.717, 1.165) is 22.5 Å².